The summed E-state index contributed by atoms with van der Waals surface area (Å²) in [4.78, 5) is 6.92. The van der Waals surface area contributed by atoms with Crippen LogP contribution in [0.4, 0.5) is 5.69 Å². The fourth-order valence-corrected chi connectivity index (χ4v) is 3.57. The number of benzene rings is 2. The summed E-state index contributed by atoms with van der Waals surface area (Å²) in [6.07, 6.45) is 4.01. The zero-order valence-corrected chi connectivity index (χ0v) is 12.3. The van der Waals surface area contributed by atoms with Crippen LogP contribution in [0.1, 0.15) is 24.5 Å². The third-order valence-corrected chi connectivity index (χ3v) is 4.74. The van der Waals surface area contributed by atoms with Gasteiger partial charge in [0.05, 0.1) is 10.7 Å². The predicted octanol–water partition coefficient (Wildman–Crippen LogP) is 5.51. The molecular formula is C16H14ClNS. The van der Waals surface area contributed by atoms with Gasteiger partial charge in [0.2, 0.25) is 0 Å². The van der Waals surface area contributed by atoms with Crippen molar-refractivity contribution in [3.63, 3.8) is 0 Å². The summed E-state index contributed by atoms with van der Waals surface area (Å²) in [6.45, 7) is 2.17. The molecule has 1 heterocycles. The van der Waals surface area contributed by atoms with Crippen LogP contribution in [0.25, 0.3) is 0 Å². The molecule has 0 N–H and O–H groups in total. The molecule has 19 heavy (non-hydrogen) atoms. The van der Waals surface area contributed by atoms with Gasteiger partial charge in [0.15, 0.2) is 0 Å². The normalized spacial score (nSPS) is 12.7. The zero-order valence-electron chi connectivity index (χ0n) is 10.7. The number of hydrogen-bond acceptors (Lipinski definition) is 2. The summed E-state index contributed by atoms with van der Waals surface area (Å²) < 4.78 is 0. The Bertz CT molecular complexity index is 649. The molecule has 0 saturated heterocycles. The van der Waals surface area contributed by atoms with E-state index in [2.05, 4.69) is 30.1 Å². The summed E-state index contributed by atoms with van der Waals surface area (Å²) in [5.41, 5.74) is 3.27. The molecule has 2 aromatic rings. The Morgan fingerprint density at radius 3 is 2.79 bits per heavy atom. The van der Waals surface area contributed by atoms with Gasteiger partial charge in [-0.05, 0) is 30.2 Å². The van der Waals surface area contributed by atoms with Gasteiger partial charge in [-0.1, -0.05) is 54.9 Å². The van der Waals surface area contributed by atoms with Gasteiger partial charge in [-0.15, -0.1) is 0 Å². The Kier molecular flexibility index (Phi) is 3.63. The van der Waals surface area contributed by atoms with Crippen molar-refractivity contribution in [1.29, 1.82) is 0 Å². The highest BCUT2D eigenvalue weighted by Gasteiger charge is 2.15. The van der Waals surface area contributed by atoms with E-state index in [1.54, 1.807) is 11.8 Å². The number of aliphatic imine (C=N–C) groups is 1. The number of halogens is 1. The van der Waals surface area contributed by atoms with Crippen LogP contribution in [-0.4, -0.2) is 6.21 Å². The van der Waals surface area contributed by atoms with Gasteiger partial charge in [0.1, 0.15) is 0 Å². The summed E-state index contributed by atoms with van der Waals surface area (Å²) >= 11 is 8.25. The highest BCUT2D eigenvalue weighted by atomic mass is 35.5. The van der Waals surface area contributed by atoms with Crippen LogP contribution in [0.2, 0.25) is 5.02 Å². The van der Waals surface area contributed by atoms with Crippen LogP contribution < -0.4 is 0 Å². The lowest BCUT2D eigenvalue weighted by molar-refractivity contribution is 0.920. The average Bonchev–Trinajstić information content (AvgIpc) is 2.61. The van der Waals surface area contributed by atoms with E-state index in [1.807, 2.05) is 24.4 Å². The third-order valence-electron chi connectivity index (χ3n) is 3.16. The Labute approximate surface area is 122 Å². The molecule has 0 amide bonds. The maximum Gasteiger partial charge on any atom is 0.0769 e. The Morgan fingerprint density at radius 2 is 1.95 bits per heavy atom. The van der Waals surface area contributed by atoms with Crippen molar-refractivity contribution in [1.82, 2.24) is 0 Å². The molecule has 3 rings (SSSR count). The fourth-order valence-electron chi connectivity index (χ4n) is 2.19. The van der Waals surface area contributed by atoms with Crippen molar-refractivity contribution in [3.8, 4) is 0 Å². The second-order valence-electron chi connectivity index (χ2n) is 4.53. The van der Waals surface area contributed by atoms with E-state index in [9.17, 15) is 0 Å². The minimum absolute atomic E-state index is 0.850. The first-order valence-electron chi connectivity index (χ1n) is 6.42. The van der Waals surface area contributed by atoms with E-state index in [0.29, 0.717) is 0 Å². The van der Waals surface area contributed by atoms with Gasteiger partial charge in [-0.25, -0.2) is 0 Å². The van der Waals surface area contributed by atoms with Crippen LogP contribution in [0.5, 0.6) is 0 Å². The lowest BCUT2D eigenvalue weighted by atomic mass is 10.1. The number of nitrogens with zero attached hydrogens (tertiary/aromatic N) is 1. The summed E-state index contributed by atoms with van der Waals surface area (Å²) in [7, 11) is 0. The van der Waals surface area contributed by atoms with Gasteiger partial charge in [0.25, 0.3) is 0 Å². The van der Waals surface area contributed by atoms with Crippen molar-refractivity contribution >= 4 is 35.3 Å². The van der Waals surface area contributed by atoms with Gasteiger partial charge >= 0.3 is 0 Å². The van der Waals surface area contributed by atoms with Crippen LogP contribution in [0.3, 0.4) is 0 Å². The van der Waals surface area contributed by atoms with Crippen molar-refractivity contribution < 1.29 is 0 Å². The van der Waals surface area contributed by atoms with Gasteiger partial charge in [0, 0.05) is 21.6 Å². The second kappa shape index (κ2) is 5.40. The molecule has 2 aromatic carbocycles. The number of para-hydroxylation sites is 1. The minimum Gasteiger partial charge on any atom is -0.255 e. The van der Waals surface area contributed by atoms with Gasteiger partial charge in [-0.3, -0.25) is 4.99 Å². The second-order valence-corrected chi connectivity index (χ2v) is 5.99. The van der Waals surface area contributed by atoms with Crippen molar-refractivity contribution in [2.24, 2.45) is 4.99 Å². The SMILES string of the molecule is CCCc1ccc2c(c1Cl)C=Nc1ccccc1S2. The molecule has 1 nitrogen and oxygen atoms in total. The van der Waals surface area contributed by atoms with Crippen molar-refractivity contribution in [3.05, 3.63) is 52.5 Å². The topological polar surface area (TPSA) is 12.4 Å². The smallest absolute Gasteiger partial charge is 0.0769 e. The molecular weight excluding hydrogens is 274 g/mol. The number of hydrogen-bond donors (Lipinski definition) is 0. The first kappa shape index (κ1) is 12.8. The van der Waals surface area contributed by atoms with E-state index < -0.39 is 0 Å². The maximum atomic E-state index is 6.52. The van der Waals surface area contributed by atoms with Crippen LogP contribution in [0, 0.1) is 0 Å². The Hall–Kier alpha value is -1.25. The lowest BCUT2D eigenvalue weighted by Crippen LogP contribution is -1.93. The molecule has 96 valence electrons. The molecule has 0 saturated carbocycles. The molecule has 0 aromatic heterocycles. The molecule has 0 bridgehead atoms. The Morgan fingerprint density at radius 1 is 1.11 bits per heavy atom. The van der Waals surface area contributed by atoms with E-state index in [-0.39, 0.29) is 0 Å². The minimum atomic E-state index is 0.850. The third kappa shape index (κ3) is 2.43. The van der Waals surface area contributed by atoms with Crippen LogP contribution in [-0.2, 0) is 6.42 Å². The molecule has 3 heteroatoms. The fraction of sp³-hybridized carbons (Fsp3) is 0.188. The van der Waals surface area contributed by atoms with Crippen LogP contribution in [0.15, 0.2) is 51.2 Å². The molecule has 0 radical (unpaired) electrons. The summed E-state index contributed by atoms with van der Waals surface area (Å²) in [5.74, 6) is 0. The first-order valence-corrected chi connectivity index (χ1v) is 7.61. The molecule has 0 fully saturated rings. The molecule has 0 aliphatic carbocycles. The van der Waals surface area contributed by atoms with Crippen LogP contribution >= 0.6 is 23.4 Å². The summed E-state index contributed by atoms with van der Waals surface area (Å²) in [6, 6.07) is 12.5. The average molecular weight is 288 g/mol. The monoisotopic (exact) mass is 287 g/mol. The highest BCUT2D eigenvalue weighted by molar-refractivity contribution is 7.99. The van der Waals surface area contributed by atoms with E-state index in [4.69, 9.17) is 11.6 Å². The maximum absolute atomic E-state index is 6.52. The van der Waals surface area contributed by atoms with Gasteiger partial charge in [-0.2, -0.15) is 0 Å². The number of fused-ring (bicyclic) bond motifs is 2. The quantitative estimate of drug-likeness (QED) is 0.605. The number of aryl methyl sites for hydroxylation is 1. The predicted molar refractivity (Wildman–Crippen MR) is 83.3 cm³/mol. The highest BCUT2D eigenvalue weighted by Crippen LogP contribution is 2.41. The molecule has 0 atom stereocenters. The zero-order chi connectivity index (χ0) is 13.2. The molecule has 1 aliphatic heterocycles. The van der Waals surface area contributed by atoms with E-state index in [1.165, 1.54) is 15.4 Å². The summed E-state index contributed by atoms with van der Waals surface area (Å²) in [5, 5.41) is 0.850. The van der Waals surface area contributed by atoms with Gasteiger partial charge < -0.3 is 0 Å². The van der Waals surface area contributed by atoms with E-state index in [0.717, 1.165) is 29.1 Å². The molecule has 0 spiro atoms. The largest absolute Gasteiger partial charge is 0.255 e. The molecule has 0 unspecified atom stereocenters. The number of rotatable bonds is 2. The van der Waals surface area contributed by atoms with Crippen molar-refractivity contribution in [2.45, 2.75) is 29.6 Å². The lowest BCUT2D eigenvalue weighted by Gasteiger charge is -2.09. The Balaban J connectivity index is 2.11. The van der Waals surface area contributed by atoms with Crippen molar-refractivity contribution in [2.75, 3.05) is 0 Å². The molecule has 1 aliphatic rings. The first-order chi connectivity index (χ1) is 9.29. The van der Waals surface area contributed by atoms with E-state index >= 15 is 0 Å². The standard InChI is InChI=1S/C16H14ClNS/c1-2-5-11-8-9-14-12(16(11)17)10-18-13-6-3-4-7-15(13)19-14/h3-4,6-10H,2,5H2,1H3.